The van der Waals surface area contributed by atoms with Crippen molar-refractivity contribution in [1.29, 1.82) is 5.26 Å². The SMILES string of the molecule is CCc1cc(C(=O)N2CCNCC2C#N)n(C)n1. The van der Waals surface area contributed by atoms with Crippen molar-refractivity contribution in [3.05, 3.63) is 17.5 Å². The highest BCUT2D eigenvalue weighted by Crippen LogP contribution is 2.11. The van der Waals surface area contributed by atoms with Crippen LogP contribution in [0.1, 0.15) is 23.1 Å². The van der Waals surface area contributed by atoms with Crippen LogP contribution in [-0.2, 0) is 13.5 Å². The van der Waals surface area contributed by atoms with E-state index < -0.39 is 6.04 Å². The van der Waals surface area contributed by atoms with Crippen molar-refractivity contribution in [2.24, 2.45) is 7.05 Å². The van der Waals surface area contributed by atoms with Gasteiger partial charge in [0.1, 0.15) is 11.7 Å². The molecule has 0 bridgehead atoms. The maximum Gasteiger partial charge on any atom is 0.273 e. The van der Waals surface area contributed by atoms with Crippen LogP contribution in [0.2, 0.25) is 0 Å². The van der Waals surface area contributed by atoms with E-state index in [1.165, 1.54) is 0 Å². The van der Waals surface area contributed by atoms with Gasteiger partial charge in [-0.1, -0.05) is 6.92 Å². The fourth-order valence-corrected chi connectivity index (χ4v) is 2.11. The zero-order valence-corrected chi connectivity index (χ0v) is 10.7. The molecule has 18 heavy (non-hydrogen) atoms. The Morgan fingerprint density at radius 1 is 1.72 bits per heavy atom. The average molecular weight is 247 g/mol. The van der Waals surface area contributed by atoms with Gasteiger partial charge in [0.05, 0.1) is 11.8 Å². The van der Waals surface area contributed by atoms with Crippen LogP contribution in [0.3, 0.4) is 0 Å². The monoisotopic (exact) mass is 247 g/mol. The number of carbonyl (C=O) groups is 1. The van der Waals surface area contributed by atoms with Gasteiger partial charge in [0.2, 0.25) is 0 Å². The van der Waals surface area contributed by atoms with Gasteiger partial charge in [-0.2, -0.15) is 10.4 Å². The van der Waals surface area contributed by atoms with E-state index in [-0.39, 0.29) is 5.91 Å². The number of carbonyl (C=O) groups excluding carboxylic acids is 1. The number of piperazine rings is 1. The van der Waals surface area contributed by atoms with E-state index in [2.05, 4.69) is 16.5 Å². The summed E-state index contributed by atoms with van der Waals surface area (Å²) in [5, 5.41) is 16.5. The summed E-state index contributed by atoms with van der Waals surface area (Å²) in [6, 6.07) is 3.57. The first kappa shape index (κ1) is 12.6. The van der Waals surface area contributed by atoms with Crippen molar-refractivity contribution in [3.63, 3.8) is 0 Å². The molecule has 0 aliphatic carbocycles. The second-order valence-electron chi connectivity index (χ2n) is 4.35. The lowest BCUT2D eigenvalue weighted by atomic mass is 10.2. The number of nitriles is 1. The largest absolute Gasteiger partial charge is 0.319 e. The van der Waals surface area contributed by atoms with Gasteiger partial charge in [-0.3, -0.25) is 9.48 Å². The molecule has 2 rings (SSSR count). The number of aromatic nitrogens is 2. The zero-order chi connectivity index (χ0) is 13.1. The Morgan fingerprint density at radius 3 is 3.11 bits per heavy atom. The molecule has 0 radical (unpaired) electrons. The van der Waals surface area contributed by atoms with Gasteiger partial charge in [-0.05, 0) is 12.5 Å². The summed E-state index contributed by atoms with van der Waals surface area (Å²) in [5.41, 5.74) is 1.44. The third kappa shape index (κ3) is 2.22. The molecule has 1 aliphatic rings. The lowest BCUT2D eigenvalue weighted by Gasteiger charge is -2.31. The van der Waals surface area contributed by atoms with E-state index in [4.69, 9.17) is 5.26 Å². The molecule has 1 amide bonds. The van der Waals surface area contributed by atoms with Crippen LogP contribution >= 0.6 is 0 Å². The molecule has 0 spiro atoms. The van der Waals surface area contributed by atoms with Gasteiger partial charge < -0.3 is 10.2 Å². The van der Waals surface area contributed by atoms with E-state index in [1.54, 1.807) is 22.7 Å². The summed E-state index contributed by atoms with van der Waals surface area (Å²) < 4.78 is 1.59. The molecule has 6 nitrogen and oxygen atoms in total. The van der Waals surface area contributed by atoms with E-state index in [1.807, 2.05) is 6.92 Å². The average Bonchev–Trinajstić information content (AvgIpc) is 2.79. The molecule has 0 aromatic carbocycles. The smallest absolute Gasteiger partial charge is 0.273 e. The molecule has 1 aromatic heterocycles. The number of nitrogens with one attached hydrogen (secondary N) is 1. The molecule has 0 saturated carbocycles. The molecular weight excluding hydrogens is 230 g/mol. The molecule has 1 aliphatic heterocycles. The first-order chi connectivity index (χ1) is 8.67. The number of rotatable bonds is 2. The summed E-state index contributed by atoms with van der Waals surface area (Å²) in [6.45, 7) is 3.81. The van der Waals surface area contributed by atoms with Crippen molar-refractivity contribution < 1.29 is 4.79 Å². The quantitative estimate of drug-likeness (QED) is 0.793. The summed E-state index contributed by atoms with van der Waals surface area (Å²) in [7, 11) is 1.76. The fourth-order valence-electron chi connectivity index (χ4n) is 2.11. The lowest BCUT2D eigenvalue weighted by Crippen LogP contribution is -2.53. The highest BCUT2D eigenvalue weighted by molar-refractivity contribution is 5.93. The zero-order valence-electron chi connectivity index (χ0n) is 10.7. The first-order valence-corrected chi connectivity index (χ1v) is 6.11. The topological polar surface area (TPSA) is 74.0 Å². The predicted octanol–water partition coefficient (Wildman–Crippen LogP) is -0.0799. The third-order valence-corrected chi connectivity index (χ3v) is 3.17. The van der Waals surface area contributed by atoms with Crippen LogP contribution in [0.4, 0.5) is 0 Å². The van der Waals surface area contributed by atoms with Gasteiger partial charge in [0, 0.05) is 26.7 Å². The maximum atomic E-state index is 12.4. The van der Waals surface area contributed by atoms with Gasteiger partial charge >= 0.3 is 0 Å². The fraction of sp³-hybridized carbons (Fsp3) is 0.583. The summed E-state index contributed by atoms with van der Waals surface area (Å²) in [4.78, 5) is 14.0. The number of hydrogen-bond donors (Lipinski definition) is 1. The van der Waals surface area contributed by atoms with E-state index in [0.29, 0.717) is 18.8 Å². The van der Waals surface area contributed by atoms with Gasteiger partial charge in [-0.25, -0.2) is 0 Å². The summed E-state index contributed by atoms with van der Waals surface area (Å²) >= 11 is 0. The Labute approximate surface area is 106 Å². The number of aryl methyl sites for hydroxylation is 2. The Morgan fingerprint density at radius 2 is 2.50 bits per heavy atom. The Balaban J connectivity index is 2.24. The van der Waals surface area contributed by atoms with Crippen molar-refractivity contribution >= 4 is 5.91 Å². The Bertz CT molecular complexity index is 487. The lowest BCUT2D eigenvalue weighted by molar-refractivity contribution is 0.0676. The normalized spacial score (nSPS) is 19.6. The van der Waals surface area contributed by atoms with Crippen LogP contribution in [0.15, 0.2) is 6.07 Å². The molecule has 1 atom stereocenters. The van der Waals surface area contributed by atoms with Crippen LogP contribution < -0.4 is 5.32 Å². The molecule has 1 fully saturated rings. The minimum atomic E-state index is -0.397. The minimum absolute atomic E-state index is 0.113. The van der Waals surface area contributed by atoms with Crippen LogP contribution in [0.5, 0.6) is 0 Å². The highest BCUT2D eigenvalue weighted by atomic mass is 16.2. The molecule has 1 N–H and O–H groups in total. The standard InChI is InChI=1S/C12H17N5O/c1-3-9-6-11(16(2)15-9)12(18)17-5-4-14-8-10(17)7-13/h6,10,14H,3-5,8H2,1-2H3. The van der Waals surface area contributed by atoms with Crippen molar-refractivity contribution in [2.75, 3.05) is 19.6 Å². The van der Waals surface area contributed by atoms with Gasteiger partial charge in [0.15, 0.2) is 0 Å². The predicted molar refractivity (Wildman–Crippen MR) is 65.9 cm³/mol. The van der Waals surface area contributed by atoms with E-state index in [0.717, 1.165) is 18.7 Å². The molecule has 1 aromatic rings. The first-order valence-electron chi connectivity index (χ1n) is 6.11. The third-order valence-electron chi connectivity index (χ3n) is 3.17. The van der Waals surface area contributed by atoms with E-state index in [9.17, 15) is 4.79 Å². The summed E-state index contributed by atoms with van der Waals surface area (Å²) in [6.07, 6.45) is 0.796. The number of amides is 1. The van der Waals surface area contributed by atoms with E-state index >= 15 is 0 Å². The van der Waals surface area contributed by atoms with Crippen molar-refractivity contribution in [1.82, 2.24) is 20.0 Å². The van der Waals surface area contributed by atoms with Crippen LogP contribution in [0.25, 0.3) is 0 Å². The Kier molecular flexibility index (Phi) is 3.63. The van der Waals surface area contributed by atoms with Crippen molar-refractivity contribution in [2.45, 2.75) is 19.4 Å². The summed E-state index contributed by atoms with van der Waals surface area (Å²) in [5.74, 6) is -0.113. The molecule has 1 saturated heterocycles. The molecule has 96 valence electrons. The van der Waals surface area contributed by atoms with Crippen molar-refractivity contribution in [3.8, 4) is 6.07 Å². The molecule has 1 unspecified atom stereocenters. The molecule has 2 heterocycles. The number of hydrogen-bond acceptors (Lipinski definition) is 4. The highest BCUT2D eigenvalue weighted by Gasteiger charge is 2.28. The number of nitrogens with zero attached hydrogens (tertiary/aromatic N) is 4. The maximum absolute atomic E-state index is 12.4. The minimum Gasteiger partial charge on any atom is -0.319 e. The second kappa shape index (κ2) is 5.19. The van der Waals surface area contributed by atoms with Gasteiger partial charge in [-0.15, -0.1) is 0 Å². The molecular formula is C12H17N5O. The van der Waals surface area contributed by atoms with Gasteiger partial charge in [0.25, 0.3) is 5.91 Å². The van der Waals surface area contributed by atoms with Crippen LogP contribution in [0, 0.1) is 11.3 Å². The van der Waals surface area contributed by atoms with Crippen LogP contribution in [-0.4, -0.2) is 46.3 Å². The second-order valence-corrected chi connectivity index (χ2v) is 4.35. The molecule has 6 heteroatoms. The Hall–Kier alpha value is -1.87.